The summed E-state index contributed by atoms with van der Waals surface area (Å²) in [5, 5.41) is 4.93. The van der Waals surface area contributed by atoms with Crippen LogP contribution in [0.4, 0.5) is 45.2 Å². The van der Waals surface area contributed by atoms with E-state index >= 15 is 0 Å². The van der Waals surface area contributed by atoms with Gasteiger partial charge in [0.1, 0.15) is 23.5 Å². The van der Waals surface area contributed by atoms with Crippen molar-refractivity contribution in [2.45, 2.75) is 37.9 Å². The maximum Gasteiger partial charge on any atom is 0.422 e. The van der Waals surface area contributed by atoms with Crippen LogP contribution in [0.5, 0.6) is 0 Å². The summed E-state index contributed by atoms with van der Waals surface area (Å²) >= 11 is 0. The van der Waals surface area contributed by atoms with E-state index in [1.807, 2.05) is 0 Å². The molecule has 1 N–H and O–H groups in total. The van der Waals surface area contributed by atoms with Crippen molar-refractivity contribution in [1.82, 2.24) is 9.78 Å². The summed E-state index contributed by atoms with van der Waals surface area (Å²) < 4.78 is 119. The molecule has 0 unspecified atom stereocenters. The first kappa shape index (κ1) is 21.0. The number of amides is 1. The van der Waals surface area contributed by atoms with Gasteiger partial charge in [-0.05, 0) is 18.9 Å². The molecule has 0 aliphatic heterocycles. The van der Waals surface area contributed by atoms with E-state index in [0.717, 1.165) is 10.7 Å². The van der Waals surface area contributed by atoms with Crippen molar-refractivity contribution in [1.29, 1.82) is 0 Å². The summed E-state index contributed by atoms with van der Waals surface area (Å²) in [6.07, 6.45) is -7.41. The molecule has 13 heteroatoms. The highest BCUT2D eigenvalue weighted by molar-refractivity contribution is 5.91. The second-order valence-electron chi connectivity index (χ2n) is 6.28. The van der Waals surface area contributed by atoms with E-state index in [2.05, 4.69) is 5.10 Å². The first-order chi connectivity index (χ1) is 13.4. The van der Waals surface area contributed by atoms with E-state index < -0.39 is 65.3 Å². The molecule has 0 atom stereocenters. The third-order valence-electron chi connectivity index (χ3n) is 4.15. The predicted molar refractivity (Wildman–Crippen MR) is 79.1 cm³/mol. The normalized spacial score (nSPS) is 14.6. The van der Waals surface area contributed by atoms with Gasteiger partial charge in [-0.3, -0.25) is 9.48 Å². The zero-order valence-corrected chi connectivity index (χ0v) is 14.1. The van der Waals surface area contributed by atoms with Crippen molar-refractivity contribution in [3.05, 3.63) is 46.3 Å². The lowest BCUT2D eigenvalue weighted by Crippen LogP contribution is -2.24. The number of nitrogens with zero attached hydrogens (tertiary/aromatic N) is 2. The van der Waals surface area contributed by atoms with Crippen LogP contribution < -0.4 is 5.32 Å². The van der Waals surface area contributed by atoms with Crippen LogP contribution in [-0.2, 0) is 17.5 Å². The quantitative estimate of drug-likeness (QED) is 0.540. The van der Waals surface area contributed by atoms with Crippen LogP contribution in [0.15, 0.2) is 6.07 Å². The maximum absolute atomic E-state index is 13.8. The van der Waals surface area contributed by atoms with Gasteiger partial charge in [-0.15, -0.1) is 0 Å². The monoisotopic (exact) mass is 431 g/mol. The Morgan fingerprint density at radius 1 is 1.10 bits per heavy atom. The average Bonchev–Trinajstić information content (AvgIpc) is 3.36. The van der Waals surface area contributed by atoms with Crippen molar-refractivity contribution in [2.75, 3.05) is 5.32 Å². The lowest BCUT2D eigenvalue weighted by atomic mass is 10.1. The van der Waals surface area contributed by atoms with Gasteiger partial charge in [0.2, 0.25) is 5.91 Å². The summed E-state index contributed by atoms with van der Waals surface area (Å²) in [6, 6.07) is 1.05. The number of benzene rings is 1. The number of hydrogen-bond donors (Lipinski definition) is 1. The summed E-state index contributed by atoms with van der Waals surface area (Å²) in [4.78, 5) is 12.0. The second kappa shape index (κ2) is 7.26. The predicted octanol–water partition coefficient (Wildman–Crippen LogP) is 4.91. The summed E-state index contributed by atoms with van der Waals surface area (Å²) in [7, 11) is 0. The van der Waals surface area contributed by atoms with E-state index in [0.29, 0.717) is 12.8 Å². The van der Waals surface area contributed by atoms with Crippen LogP contribution in [-0.4, -0.2) is 15.7 Å². The molecule has 3 rings (SSSR count). The average molecular weight is 431 g/mol. The third-order valence-corrected chi connectivity index (χ3v) is 4.15. The molecule has 1 aliphatic carbocycles. The van der Waals surface area contributed by atoms with Gasteiger partial charge >= 0.3 is 6.18 Å². The molecule has 0 saturated heterocycles. The Morgan fingerprint density at radius 3 is 2.10 bits per heavy atom. The molecule has 1 aromatic heterocycles. The molecule has 0 bridgehead atoms. The highest BCUT2D eigenvalue weighted by atomic mass is 19.4. The van der Waals surface area contributed by atoms with Gasteiger partial charge in [-0.25, -0.2) is 26.3 Å². The largest absolute Gasteiger partial charge is 0.422 e. The molecule has 158 valence electrons. The molecule has 1 aliphatic rings. The molecule has 4 nitrogen and oxygen atoms in total. The van der Waals surface area contributed by atoms with Crippen molar-refractivity contribution in [2.24, 2.45) is 0 Å². The van der Waals surface area contributed by atoms with E-state index in [1.165, 1.54) is 5.32 Å². The smallest absolute Gasteiger partial charge is 0.319 e. The Balaban J connectivity index is 1.89. The van der Waals surface area contributed by atoms with Gasteiger partial charge in [0.05, 0.1) is 0 Å². The van der Waals surface area contributed by atoms with Crippen LogP contribution in [0.3, 0.4) is 0 Å². The second-order valence-corrected chi connectivity index (χ2v) is 6.28. The Kier molecular flexibility index (Phi) is 5.26. The number of nitrogens with one attached hydrogen (secondary N) is 1. The highest BCUT2D eigenvalue weighted by Crippen LogP contribution is 2.41. The molecule has 1 saturated carbocycles. The zero-order chi connectivity index (χ0) is 21.7. The molecule has 1 heterocycles. The van der Waals surface area contributed by atoms with E-state index in [-0.39, 0.29) is 11.6 Å². The van der Waals surface area contributed by atoms with Crippen molar-refractivity contribution < 1.29 is 44.3 Å². The van der Waals surface area contributed by atoms with E-state index in [9.17, 15) is 44.3 Å². The molecule has 2 aromatic rings. The number of anilines is 1. The summed E-state index contributed by atoms with van der Waals surface area (Å²) in [5.41, 5.74) is -4.95. The standard InChI is InChI=1S/C16H10F9N3O/c17-10-9(16(23,24)25)11(18)13(20)14(12(10)19)26-8(29)4-28-7(5-1-2-5)3-6(27-28)15(21)22/h3,5,15H,1-2,4H2,(H,26,29). The fourth-order valence-corrected chi connectivity index (χ4v) is 2.70. The topological polar surface area (TPSA) is 46.9 Å². The third kappa shape index (κ3) is 4.03. The van der Waals surface area contributed by atoms with Gasteiger partial charge in [0, 0.05) is 11.6 Å². The first-order valence-electron chi connectivity index (χ1n) is 8.00. The molecular weight excluding hydrogens is 421 g/mol. The van der Waals surface area contributed by atoms with Gasteiger partial charge in [-0.1, -0.05) is 0 Å². The van der Waals surface area contributed by atoms with Gasteiger partial charge in [-0.2, -0.15) is 18.3 Å². The molecule has 1 aromatic carbocycles. The number of rotatable bonds is 5. The van der Waals surface area contributed by atoms with E-state index in [1.54, 1.807) is 0 Å². The van der Waals surface area contributed by atoms with Crippen LogP contribution in [0.1, 0.15) is 42.1 Å². The molecule has 1 amide bonds. The van der Waals surface area contributed by atoms with Gasteiger partial charge < -0.3 is 5.32 Å². The Labute approximate surface area is 156 Å². The number of hydrogen-bond acceptors (Lipinski definition) is 2. The molecule has 29 heavy (non-hydrogen) atoms. The van der Waals surface area contributed by atoms with Crippen molar-refractivity contribution in [3.63, 3.8) is 0 Å². The van der Waals surface area contributed by atoms with Crippen molar-refractivity contribution in [3.8, 4) is 0 Å². The summed E-state index contributed by atoms with van der Waals surface area (Å²) in [6.45, 7) is -0.859. The summed E-state index contributed by atoms with van der Waals surface area (Å²) in [5.74, 6) is -11.9. The highest BCUT2D eigenvalue weighted by Gasteiger charge is 2.42. The number of carbonyl (C=O) groups is 1. The molecule has 0 radical (unpaired) electrons. The number of carbonyl (C=O) groups excluding carboxylic acids is 1. The minimum Gasteiger partial charge on any atom is -0.319 e. The number of halogens is 9. The van der Waals surface area contributed by atoms with Crippen LogP contribution in [0, 0.1) is 23.3 Å². The number of alkyl halides is 5. The lowest BCUT2D eigenvalue weighted by molar-refractivity contribution is -0.143. The Bertz CT molecular complexity index is 935. The first-order valence-corrected chi connectivity index (χ1v) is 8.00. The minimum atomic E-state index is -5.72. The van der Waals surface area contributed by atoms with Crippen LogP contribution in [0.25, 0.3) is 0 Å². The van der Waals surface area contributed by atoms with Crippen LogP contribution >= 0.6 is 0 Å². The van der Waals surface area contributed by atoms with Gasteiger partial charge in [0.15, 0.2) is 23.3 Å². The molecule has 0 spiro atoms. The molecular formula is C16H10F9N3O. The van der Waals surface area contributed by atoms with E-state index in [4.69, 9.17) is 0 Å². The minimum absolute atomic E-state index is 0.155. The molecule has 1 fully saturated rings. The maximum atomic E-state index is 13.8. The van der Waals surface area contributed by atoms with Gasteiger partial charge in [0.25, 0.3) is 6.43 Å². The fraction of sp³-hybridized carbons (Fsp3) is 0.375. The SMILES string of the molecule is O=C(Cn1nc(C(F)F)cc1C1CC1)Nc1c(F)c(F)c(C(F)(F)F)c(F)c1F. The fourth-order valence-electron chi connectivity index (χ4n) is 2.70. The van der Waals surface area contributed by atoms with Crippen LogP contribution in [0.2, 0.25) is 0 Å². The van der Waals surface area contributed by atoms with Crippen molar-refractivity contribution >= 4 is 11.6 Å². The Morgan fingerprint density at radius 2 is 1.66 bits per heavy atom. The number of aromatic nitrogens is 2. The Hall–Kier alpha value is -2.73. The lowest BCUT2D eigenvalue weighted by Gasteiger charge is -2.15. The zero-order valence-electron chi connectivity index (χ0n) is 14.1.